The third kappa shape index (κ3) is 4.00. The van der Waals surface area contributed by atoms with Crippen LogP contribution in [0, 0.1) is 0 Å². The van der Waals surface area contributed by atoms with Gasteiger partial charge in [-0.05, 0) is 17.7 Å². The van der Waals surface area contributed by atoms with Crippen LogP contribution in [-0.4, -0.2) is 62.9 Å². The summed E-state index contributed by atoms with van der Waals surface area (Å²) in [5.41, 5.74) is 2.26. The Hall–Kier alpha value is -1.66. The van der Waals surface area contributed by atoms with Gasteiger partial charge in [-0.15, -0.1) is 0 Å². The predicted octanol–water partition coefficient (Wildman–Crippen LogP) is 1.18. The number of hydrogen-bond acceptors (Lipinski definition) is 4. The molecule has 1 amide bonds. The number of carbonyl (C=O) groups excluding carboxylic acids is 1. The maximum Gasteiger partial charge on any atom is 0.239 e. The second kappa shape index (κ2) is 7.27. The van der Waals surface area contributed by atoms with Crippen LogP contribution < -0.4 is 10.2 Å². The van der Waals surface area contributed by atoms with Crippen LogP contribution in [0.5, 0.6) is 0 Å². The highest BCUT2D eigenvalue weighted by Crippen LogP contribution is 2.18. The standard InChI is InChI=1S/C17H24FN3O2/c1-20(17(22)16-10-14(18)11-19-16)12-13-2-4-15(5-3-13)21-6-8-23-9-7-21/h2-5,14,16,19H,6-12H2,1H3/t14-,16+/m0/s1. The summed E-state index contributed by atoms with van der Waals surface area (Å²) in [6, 6.07) is 7.89. The minimum absolute atomic E-state index is 0.0394. The largest absolute Gasteiger partial charge is 0.378 e. The van der Waals surface area contributed by atoms with Gasteiger partial charge in [-0.3, -0.25) is 4.79 Å². The lowest BCUT2D eigenvalue weighted by molar-refractivity contribution is -0.132. The molecule has 2 heterocycles. The van der Waals surface area contributed by atoms with Gasteiger partial charge in [-0.2, -0.15) is 0 Å². The second-order valence-corrected chi connectivity index (χ2v) is 6.25. The molecule has 2 fully saturated rings. The average Bonchev–Trinajstić information content (AvgIpc) is 3.02. The van der Waals surface area contributed by atoms with Crippen molar-refractivity contribution >= 4 is 11.6 Å². The average molecular weight is 321 g/mol. The van der Waals surface area contributed by atoms with E-state index in [4.69, 9.17) is 4.74 Å². The Labute approximate surface area is 136 Å². The molecular formula is C17H24FN3O2. The van der Waals surface area contributed by atoms with Gasteiger partial charge in [-0.1, -0.05) is 12.1 Å². The van der Waals surface area contributed by atoms with E-state index in [9.17, 15) is 9.18 Å². The van der Waals surface area contributed by atoms with Gasteiger partial charge >= 0.3 is 0 Å². The van der Waals surface area contributed by atoms with E-state index < -0.39 is 6.17 Å². The Morgan fingerprint density at radius 1 is 1.35 bits per heavy atom. The van der Waals surface area contributed by atoms with Crippen LogP contribution in [0.4, 0.5) is 10.1 Å². The molecule has 3 rings (SSSR count). The molecule has 0 saturated carbocycles. The van der Waals surface area contributed by atoms with Crippen molar-refractivity contribution in [2.75, 3.05) is 44.8 Å². The van der Waals surface area contributed by atoms with Crippen molar-refractivity contribution in [2.45, 2.75) is 25.2 Å². The number of carbonyl (C=O) groups is 1. The van der Waals surface area contributed by atoms with Crippen LogP contribution in [-0.2, 0) is 16.1 Å². The van der Waals surface area contributed by atoms with E-state index in [0.29, 0.717) is 6.54 Å². The number of nitrogens with one attached hydrogen (secondary N) is 1. The van der Waals surface area contributed by atoms with Crippen LogP contribution >= 0.6 is 0 Å². The van der Waals surface area contributed by atoms with Gasteiger partial charge in [0.1, 0.15) is 6.17 Å². The van der Waals surface area contributed by atoms with Crippen molar-refractivity contribution in [3.05, 3.63) is 29.8 Å². The zero-order valence-corrected chi connectivity index (χ0v) is 13.5. The molecule has 0 aliphatic carbocycles. The highest BCUT2D eigenvalue weighted by atomic mass is 19.1. The molecule has 1 aromatic rings. The van der Waals surface area contributed by atoms with Crippen LogP contribution in [0.2, 0.25) is 0 Å². The number of rotatable bonds is 4. The van der Waals surface area contributed by atoms with E-state index in [1.54, 1.807) is 11.9 Å². The van der Waals surface area contributed by atoms with Crippen molar-refractivity contribution < 1.29 is 13.9 Å². The maximum absolute atomic E-state index is 13.2. The van der Waals surface area contributed by atoms with Crippen LogP contribution in [0.3, 0.4) is 0 Å². The van der Waals surface area contributed by atoms with Crippen molar-refractivity contribution in [1.29, 1.82) is 0 Å². The van der Waals surface area contributed by atoms with Crippen molar-refractivity contribution in [3.8, 4) is 0 Å². The monoisotopic (exact) mass is 321 g/mol. The number of amides is 1. The second-order valence-electron chi connectivity index (χ2n) is 6.25. The summed E-state index contributed by atoms with van der Waals surface area (Å²) in [6.45, 7) is 4.17. The molecule has 23 heavy (non-hydrogen) atoms. The third-order valence-electron chi connectivity index (χ3n) is 4.48. The minimum Gasteiger partial charge on any atom is -0.378 e. The zero-order valence-electron chi connectivity index (χ0n) is 13.5. The number of anilines is 1. The highest BCUT2D eigenvalue weighted by Gasteiger charge is 2.31. The van der Waals surface area contributed by atoms with Crippen molar-refractivity contribution in [3.63, 3.8) is 0 Å². The lowest BCUT2D eigenvalue weighted by atomic mass is 10.1. The number of ether oxygens (including phenoxy) is 1. The van der Waals surface area contributed by atoms with Crippen molar-refractivity contribution in [1.82, 2.24) is 10.2 Å². The van der Waals surface area contributed by atoms with E-state index in [0.717, 1.165) is 31.9 Å². The smallest absolute Gasteiger partial charge is 0.239 e. The summed E-state index contributed by atoms with van der Waals surface area (Å²) in [5, 5.41) is 2.94. The predicted molar refractivity (Wildman–Crippen MR) is 87.3 cm³/mol. The lowest BCUT2D eigenvalue weighted by Crippen LogP contribution is -2.41. The number of benzene rings is 1. The van der Waals surface area contributed by atoms with Gasteiger partial charge in [-0.25, -0.2) is 4.39 Å². The summed E-state index contributed by atoms with van der Waals surface area (Å²) >= 11 is 0. The first-order chi connectivity index (χ1) is 11.1. The number of likely N-dealkylation sites (N-methyl/N-ethyl adjacent to an activating group) is 1. The zero-order chi connectivity index (χ0) is 16.2. The highest BCUT2D eigenvalue weighted by molar-refractivity contribution is 5.82. The van der Waals surface area contributed by atoms with Crippen LogP contribution in [0.1, 0.15) is 12.0 Å². The molecule has 2 aliphatic rings. The first-order valence-electron chi connectivity index (χ1n) is 8.17. The fourth-order valence-corrected chi connectivity index (χ4v) is 3.13. The molecule has 126 valence electrons. The summed E-state index contributed by atoms with van der Waals surface area (Å²) < 4.78 is 18.6. The number of alkyl halides is 1. The molecule has 1 N–H and O–H groups in total. The molecule has 5 nitrogen and oxygen atoms in total. The number of halogens is 1. The molecule has 1 aromatic carbocycles. The summed E-state index contributed by atoms with van der Waals surface area (Å²) in [4.78, 5) is 16.2. The quantitative estimate of drug-likeness (QED) is 0.905. The van der Waals surface area contributed by atoms with E-state index >= 15 is 0 Å². The minimum atomic E-state index is -0.912. The van der Waals surface area contributed by atoms with Gasteiger partial charge in [0.05, 0.1) is 19.3 Å². The Morgan fingerprint density at radius 2 is 2.04 bits per heavy atom. The molecule has 2 saturated heterocycles. The Kier molecular flexibility index (Phi) is 5.13. The van der Waals surface area contributed by atoms with Gasteiger partial charge in [0, 0.05) is 45.3 Å². The number of nitrogens with zero attached hydrogens (tertiary/aromatic N) is 2. The van der Waals surface area contributed by atoms with E-state index in [1.807, 2.05) is 0 Å². The fourth-order valence-electron chi connectivity index (χ4n) is 3.13. The van der Waals surface area contributed by atoms with Crippen molar-refractivity contribution in [2.24, 2.45) is 0 Å². The Balaban J connectivity index is 1.56. The number of morpholine rings is 1. The SMILES string of the molecule is CN(Cc1ccc(N2CCOCC2)cc1)C(=O)[C@H]1C[C@H](F)CN1. The molecule has 0 spiro atoms. The van der Waals surface area contributed by atoms with Crippen LogP contribution in [0.15, 0.2) is 24.3 Å². The third-order valence-corrected chi connectivity index (χ3v) is 4.48. The Morgan fingerprint density at radius 3 is 2.65 bits per heavy atom. The normalized spacial score (nSPS) is 24.7. The maximum atomic E-state index is 13.2. The molecule has 0 unspecified atom stereocenters. The van der Waals surface area contributed by atoms with E-state index in [1.165, 1.54) is 5.69 Å². The van der Waals surface area contributed by atoms with Gasteiger partial charge in [0.15, 0.2) is 0 Å². The molecule has 0 radical (unpaired) electrons. The molecule has 2 atom stereocenters. The lowest BCUT2D eigenvalue weighted by Gasteiger charge is -2.29. The molecule has 0 aromatic heterocycles. The van der Waals surface area contributed by atoms with E-state index in [-0.39, 0.29) is 24.9 Å². The molecule has 0 bridgehead atoms. The first kappa shape index (κ1) is 16.2. The fraction of sp³-hybridized carbons (Fsp3) is 0.588. The molecule has 6 heteroatoms. The van der Waals surface area contributed by atoms with E-state index in [2.05, 4.69) is 34.5 Å². The van der Waals surface area contributed by atoms with Gasteiger partial charge < -0.3 is 19.9 Å². The van der Waals surface area contributed by atoms with Crippen LogP contribution in [0.25, 0.3) is 0 Å². The topological polar surface area (TPSA) is 44.8 Å². The molecular weight excluding hydrogens is 297 g/mol. The number of hydrogen-bond donors (Lipinski definition) is 1. The van der Waals surface area contributed by atoms with Gasteiger partial charge in [0.25, 0.3) is 0 Å². The molecule has 2 aliphatic heterocycles. The summed E-state index contributed by atoms with van der Waals surface area (Å²) in [5.74, 6) is -0.0394. The summed E-state index contributed by atoms with van der Waals surface area (Å²) in [6.07, 6.45) is -0.635. The Bertz CT molecular complexity index is 531. The first-order valence-corrected chi connectivity index (χ1v) is 8.17. The van der Waals surface area contributed by atoms with Gasteiger partial charge in [0.2, 0.25) is 5.91 Å². The summed E-state index contributed by atoms with van der Waals surface area (Å²) in [7, 11) is 1.77.